The molecule has 2 unspecified atom stereocenters. The van der Waals surface area contributed by atoms with E-state index >= 15 is 0 Å². The first kappa shape index (κ1) is 19.0. The monoisotopic (exact) mass is 389 g/mol. The number of carbonyl (C=O) groups is 2. The van der Waals surface area contributed by atoms with Gasteiger partial charge in [0.2, 0.25) is 0 Å². The fourth-order valence-corrected chi connectivity index (χ4v) is 4.13. The fourth-order valence-electron chi connectivity index (χ4n) is 4.13. The molecule has 2 aromatic rings. The standard InChI is InChI=1S/C24H23NO4/c1-15-21(24(28)29-14-16-6-3-2-4-7-16)22(17-10-12-18(26)13-11-17)23-19(25-15)8-5-9-20(23)27/h2-4,6-7,10-13,21-22,25-26H,1,5,8-9,14H2. The number of Topliss-reactive ketones (excluding diaryl/α,β-unsaturated/α-hetero) is 1. The molecule has 2 N–H and O–H groups in total. The number of nitrogens with one attached hydrogen (secondary N) is 1. The maximum Gasteiger partial charge on any atom is 0.316 e. The first-order valence-electron chi connectivity index (χ1n) is 9.76. The van der Waals surface area contributed by atoms with Crippen molar-refractivity contribution < 1.29 is 19.4 Å². The molecule has 2 aromatic carbocycles. The number of allylic oxidation sites excluding steroid dienone is 2. The molecular formula is C24H23NO4. The Kier molecular flexibility index (Phi) is 5.21. The van der Waals surface area contributed by atoms with Gasteiger partial charge in [-0.15, -0.1) is 0 Å². The van der Waals surface area contributed by atoms with Crippen LogP contribution in [0.4, 0.5) is 0 Å². The van der Waals surface area contributed by atoms with Crippen molar-refractivity contribution in [1.82, 2.24) is 5.32 Å². The smallest absolute Gasteiger partial charge is 0.316 e. The number of phenolic OH excluding ortho intramolecular Hbond substituents is 1. The number of esters is 1. The van der Waals surface area contributed by atoms with Crippen LogP contribution >= 0.6 is 0 Å². The molecule has 1 aliphatic heterocycles. The molecule has 29 heavy (non-hydrogen) atoms. The van der Waals surface area contributed by atoms with Crippen molar-refractivity contribution in [1.29, 1.82) is 0 Å². The lowest BCUT2D eigenvalue weighted by molar-refractivity contribution is -0.149. The topological polar surface area (TPSA) is 75.6 Å². The summed E-state index contributed by atoms with van der Waals surface area (Å²) in [6, 6.07) is 16.1. The second-order valence-electron chi connectivity index (χ2n) is 7.46. The van der Waals surface area contributed by atoms with Gasteiger partial charge in [-0.1, -0.05) is 49.0 Å². The van der Waals surface area contributed by atoms with Crippen molar-refractivity contribution in [3.05, 3.63) is 89.3 Å². The van der Waals surface area contributed by atoms with E-state index in [2.05, 4.69) is 11.9 Å². The summed E-state index contributed by atoms with van der Waals surface area (Å²) in [5, 5.41) is 12.9. The number of aromatic hydroxyl groups is 1. The van der Waals surface area contributed by atoms with Crippen molar-refractivity contribution in [2.45, 2.75) is 31.8 Å². The van der Waals surface area contributed by atoms with Crippen LogP contribution in [0.1, 0.15) is 36.3 Å². The SMILES string of the molecule is C=C1NC2=C(C(=O)CCC2)C(c2ccc(O)cc2)C1C(=O)OCc1ccccc1. The predicted octanol–water partition coefficient (Wildman–Crippen LogP) is 3.96. The van der Waals surface area contributed by atoms with Gasteiger partial charge < -0.3 is 15.2 Å². The number of phenols is 1. The Morgan fingerprint density at radius 2 is 1.83 bits per heavy atom. The number of ketones is 1. The van der Waals surface area contributed by atoms with E-state index in [4.69, 9.17) is 4.74 Å². The Labute approximate surface area is 169 Å². The van der Waals surface area contributed by atoms with Gasteiger partial charge in [0.1, 0.15) is 18.3 Å². The Hall–Kier alpha value is -3.34. The number of ether oxygens (including phenoxy) is 1. The van der Waals surface area contributed by atoms with Crippen LogP contribution in [0.2, 0.25) is 0 Å². The van der Waals surface area contributed by atoms with Gasteiger partial charge in [0, 0.05) is 29.3 Å². The number of benzene rings is 2. The quantitative estimate of drug-likeness (QED) is 0.774. The molecule has 0 radical (unpaired) electrons. The average Bonchev–Trinajstić information content (AvgIpc) is 2.72. The second kappa shape index (κ2) is 7.95. The normalized spacial score (nSPS) is 21.4. The van der Waals surface area contributed by atoms with Crippen LogP contribution in [0, 0.1) is 5.92 Å². The van der Waals surface area contributed by atoms with Crippen molar-refractivity contribution in [2.75, 3.05) is 0 Å². The highest BCUT2D eigenvalue weighted by Crippen LogP contribution is 2.44. The summed E-state index contributed by atoms with van der Waals surface area (Å²) in [6.07, 6.45) is 2.00. The number of rotatable bonds is 4. The molecule has 2 atom stereocenters. The summed E-state index contributed by atoms with van der Waals surface area (Å²) in [7, 11) is 0. The second-order valence-corrected chi connectivity index (χ2v) is 7.46. The largest absolute Gasteiger partial charge is 0.508 e. The molecule has 0 saturated heterocycles. The Morgan fingerprint density at radius 3 is 2.55 bits per heavy atom. The lowest BCUT2D eigenvalue weighted by atomic mass is 9.71. The van der Waals surface area contributed by atoms with Gasteiger partial charge in [-0.05, 0) is 36.1 Å². The molecule has 0 bridgehead atoms. The predicted molar refractivity (Wildman–Crippen MR) is 109 cm³/mol. The third kappa shape index (κ3) is 3.81. The zero-order chi connectivity index (χ0) is 20.4. The number of carbonyl (C=O) groups excluding carboxylic acids is 2. The van der Waals surface area contributed by atoms with E-state index in [1.165, 1.54) is 0 Å². The fraction of sp³-hybridized carbons (Fsp3) is 0.250. The zero-order valence-corrected chi connectivity index (χ0v) is 16.1. The molecule has 1 aliphatic carbocycles. The number of hydrogen-bond acceptors (Lipinski definition) is 5. The van der Waals surface area contributed by atoms with Gasteiger partial charge in [-0.3, -0.25) is 9.59 Å². The molecular weight excluding hydrogens is 366 g/mol. The Morgan fingerprint density at radius 1 is 1.10 bits per heavy atom. The highest BCUT2D eigenvalue weighted by atomic mass is 16.5. The molecule has 148 valence electrons. The highest BCUT2D eigenvalue weighted by Gasteiger charge is 2.43. The van der Waals surface area contributed by atoms with Gasteiger partial charge in [0.05, 0.1) is 0 Å². The third-order valence-electron chi connectivity index (χ3n) is 5.52. The Bertz CT molecular complexity index is 976. The van der Waals surface area contributed by atoms with Crippen LogP contribution in [0.25, 0.3) is 0 Å². The first-order valence-corrected chi connectivity index (χ1v) is 9.76. The third-order valence-corrected chi connectivity index (χ3v) is 5.52. The van der Waals surface area contributed by atoms with E-state index < -0.39 is 17.8 Å². The van der Waals surface area contributed by atoms with Crippen LogP contribution in [0.5, 0.6) is 5.75 Å². The highest BCUT2D eigenvalue weighted by molar-refractivity contribution is 6.00. The molecule has 0 saturated carbocycles. The molecule has 2 aliphatic rings. The van der Waals surface area contributed by atoms with Crippen molar-refractivity contribution in [3.63, 3.8) is 0 Å². The molecule has 0 spiro atoms. The summed E-state index contributed by atoms with van der Waals surface area (Å²) in [6.45, 7) is 4.23. The zero-order valence-electron chi connectivity index (χ0n) is 16.1. The van der Waals surface area contributed by atoms with Crippen LogP contribution in [-0.4, -0.2) is 16.9 Å². The van der Waals surface area contributed by atoms with E-state index in [9.17, 15) is 14.7 Å². The molecule has 0 amide bonds. The van der Waals surface area contributed by atoms with Gasteiger partial charge in [-0.25, -0.2) is 0 Å². The Balaban J connectivity index is 1.69. The first-order chi connectivity index (χ1) is 14.0. The summed E-state index contributed by atoms with van der Waals surface area (Å²) in [4.78, 5) is 25.9. The van der Waals surface area contributed by atoms with Gasteiger partial charge in [0.15, 0.2) is 5.78 Å². The lowest BCUT2D eigenvalue weighted by Crippen LogP contribution is -2.41. The average molecular weight is 389 g/mol. The molecule has 1 heterocycles. The van der Waals surface area contributed by atoms with Crippen molar-refractivity contribution in [2.24, 2.45) is 5.92 Å². The maximum absolute atomic E-state index is 13.1. The number of hydrogen-bond donors (Lipinski definition) is 2. The van der Waals surface area contributed by atoms with Crippen molar-refractivity contribution >= 4 is 11.8 Å². The van der Waals surface area contributed by atoms with E-state index in [1.54, 1.807) is 24.3 Å². The molecule has 5 nitrogen and oxygen atoms in total. The van der Waals surface area contributed by atoms with Gasteiger partial charge in [-0.2, -0.15) is 0 Å². The summed E-state index contributed by atoms with van der Waals surface area (Å²) in [5.41, 5.74) is 3.70. The van der Waals surface area contributed by atoms with Crippen LogP contribution in [0.3, 0.4) is 0 Å². The van der Waals surface area contributed by atoms with Crippen molar-refractivity contribution in [3.8, 4) is 5.75 Å². The van der Waals surface area contributed by atoms with Gasteiger partial charge >= 0.3 is 5.97 Å². The van der Waals surface area contributed by atoms with E-state index in [1.807, 2.05) is 30.3 Å². The minimum Gasteiger partial charge on any atom is -0.508 e. The van der Waals surface area contributed by atoms with Crippen LogP contribution in [0.15, 0.2) is 78.1 Å². The van der Waals surface area contributed by atoms with Crippen LogP contribution < -0.4 is 5.32 Å². The summed E-state index contributed by atoms with van der Waals surface area (Å²) < 4.78 is 5.61. The molecule has 4 rings (SSSR count). The minimum absolute atomic E-state index is 0.0465. The van der Waals surface area contributed by atoms with E-state index in [0.29, 0.717) is 17.7 Å². The summed E-state index contributed by atoms with van der Waals surface area (Å²) >= 11 is 0. The van der Waals surface area contributed by atoms with E-state index in [-0.39, 0.29) is 18.1 Å². The summed E-state index contributed by atoms with van der Waals surface area (Å²) in [5.74, 6) is -1.44. The minimum atomic E-state index is -0.718. The maximum atomic E-state index is 13.1. The molecule has 5 heteroatoms. The molecule has 0 aromatic heterocycles. The van der Waals surface area contributed by atoms with Crippen LogP contribution in [-0.2, 0) is 20.9 Å². The van der Waals surface area contributed by atoms with Gasteiger partial charge in [0.25, 0.3) is 0 Å². The molecule has 0 fully saturated rings. The van der Waals surface area contributed by atoms with E-state index in [0.717, 1.165) is 29.7 Å². The lowest BCUT2D eigenvalue weighted by Gasteiger charge is -2.38.